The Morgan fingerprint density at radius 2 is 0.744 bits per heavy atom. The van der Waals surface area contributed by atoms with Gasteiger partial charge in [0.05, 0.1) is 78.6 Å². The number of carboxylic acid groups (broad SMARTS) is 1. The predicted octanol–water partition coefficient (Wildman–Crippen LogP) is 1.96. The monoisotopic (exact) mass is 570 g/mol. The number of hydrogen-bond donors (Lipinski definition) is 0. The van der Waals surface area contributed by atoms with Crippen molar-refractivity contribution in [3.8, 4) is 0 Å². The minimum atomic E-state index is -1.23. The molecule has 0 aliphatic carbocycles. The maximum atomic E-state index is 10.1. The van der Waals surface area contributed by atoms with Crippen LogP contribution in [-0.4, -0.2) is 85.3 Å². The SMILES string of the molecule is CC(C)CCCCCCCCCCCCCCCOCCOCCOCCOCCOCCOCC(=O)[O-].[Na+]. The molecule has 0 saturated heterocycles. The summed E-state index contributed by atoms with van der Waals surface area (Å²) in [5, 5.41) is 10.1. The van der Waals surface area contributed by atoms with Crippen molar-refractivity contribution in [3.05, 3.63) is 0 Å². The van der Waals surface area contributed by atoms with Crippen LogP contribution in [-0.2, 0) is 33.2 Å². The van der Waals surface area contributed by atoms with E-state index in [1.807, 2.05) is 0 Å². The second kappa shape index (κ2) is 36.3. The van der Waals surface area contributed by atoms with Gasteiger partial charge in [0, 0.05) is 6.61 Å². The Morgan fingerprint density at radius 3 is 1.08 bits per heavy atom. The first-order valence-electron chi connectivity index (χ1n) is 15.3. The van der Waals surface area contributed by atoms with Gasteiger partial charge in [-0.15, -0.1) is 0 Å². The number of carboxylic acids is 1. The van der Waals surface area contributed by atoms with Gasteiger partial charge in [-0.2, -0.15) is 0 Å². The minimum Gasteiger partial charge on any atom is -0.548 e. The number of ether oxygens (including phenoxy) is 6. The van der Waals surface area contributed by atoms with E-state index in [-0.39, 0.29) is 36.2 Å². The Hall–Kier alpha value is 0.230. The molecule has 0 radical (unpaired) electrons. The normalized spacial score (nSPS) is 11.3. The maximum absolute atomic E-state index is 10.1. The van der Waals surface area contributed by atoms with Gasteiger partial charge in [-0.25, -0.2) is 0 Å². The number of carbonyl (C=O) groups excluding carboxylic acids is 1. The van der Waals surface area contributed by atoms with Crippen molar-refractivity contribution in [2.24, 2.45) is 5.92 Å². The molecule has 0 aliphatic rings. The molecule has 0 aromatic heterocycles. The van der Waals surface area contributed by atoms with Crippen molar-refractivity contribution in [1.29, 1.82) is 0 Å². The zero-order chi connectivity index (χ0) is 27.8. The summed E-state index contributed by atoms with van der Waals surface area (Å²) in [6.45, 7) is 9.81. The molecule has 228 valence electrons. The molecule has 0 aromatic rings. The number of aliphatic carboxylic acids is 1. The summed E-state index contributed by atoms with van der Waals surface area (Å²) in [7, 11) is 0. The third kappa shape index (κ3) is 40.4. The largest absolute Gasteiger partial charge is 1.00 e. The molecule has 39 heavy (non-hydrogen) atoms. The summed E-state index contributed by atoms with van der Waals surface area (Å²) in [6, 6.07) is 0. The molecule has 0 heterocycles. The molecule has 0 atom stereocenters. The van der Waals surface area contributed by atoms with E-state index in [0.29, 0.717) is 59.5 Å². The van der Waals surface area contributed by atoms with E-state index in [9.17, 15) is 9.90 Å². The average Bonchev–Trinajstić information content (AvgIpc) is 2.89. The third-order valence-electron chi connectivity index (χ3n) is 6.15. The van der Waals surface area contributed by atoms with Crippen molar-refractivity contribution in [1.82, 2.24) is 0 Å². The second-order valence-electron chi connectivity index (χ2n) is 10.3. The Kier molecular flexibility index (Phi) is 38.5. The van der Waals surface area contributed by atoms with Crippen LogP contribution in [0.25, 0.3) is 0 Å². The first-order valence-corrected chi connectivity index (χ1v) is 15.3. The molecule has 0 aliphatic heterocycles. The molecule has 0 rings (SSSR count). The van der Waals surface area contributed by atoms with Crippen molar-refractivity contribution in [2.75, 3.05) is 79.3 Å². The number of hydrogen-bond acceptors (Lipinski definition) is 8. The Labute approximate surface area is 261 Å². The van der Waals surface area contributed by atoms with Gasteiger partial charge in [0.15, 0.2) is 0 Å². The fraction of sp³-hybridized carbons (Fsp3) is 0.967. The van der Waals surface area contributed by atoms with Crippen molar-refractivity contribution >= 4 is 5.97 Å². The predicted molar refractivity (Wildman–Crippen MR) is 149 cm³/mol. The van der Waals surface area contributed by atoms with E-state index in [1.54, 1.807) is 0 Å². The van der Waals surface area contributed by atoms with Gasteiger partial charge in [-0.3, -0.25) is 0 Å². The van der Waals surface area contributed by atoms with Crippen LogP contribution < -0.4 is 34.7 Å². The van der Waals surface area contributed by atoms with Crippen molar-refractivity contribution in [3.63, 3.8) is 0 Å². The van der Waals surface area contributed by atoms with Crippen LogP contribution in [0.5, 0.6) is 0 Å². The quantitative estimate of drug-likeness (QED) is 0.0873. The van der Waals surface area contributed by atoms with E-state index in [2.05, 4.69) is 13.8 Å². The van der Waals surface area contributed by atoms with Gasteiger partial charge in [0.25, 0.3) is 0 Å². The Balaban J connectivity index is 0. The van der Waals surface area contributed by atoms with Crippen molar-refractivity contribution in [2.45, 2.75) is 104 Å². The van der Waals surface area contributed by atoms with Crippen LogP contribution in [0.1, 0.15) is 104 Å². The molecule has 0 bridgehead atoms. The van der Waals surface area contributed by atoms with Gasteiger partial charge >= 0.3 is 29.6 Å². The van der Waals surface area contributed by atoms with Gasteiger partial charge in [0.2, 0.25) is 0 Å². The first kappa shape index (κ1) is 41.4. The minimum absolute atomic E-state index is 0. The maximum Gasteiger partial charge on any atom is 1.00 e. The summed E-state index contributed by atoms with van der Waals surface area (Å²) in [6.07, 6.45) is 19.3. The van der Waals surface area contributed by atoms with E-state index >= 15 is 0 Å². The van der Waals surface area contributed by atoms with Gasteiger partial charge in [-0.05, 0) is 12.3 Å². The van der Waals surface area contributed by atoms with E-state index in [0.717, 1.165) is 18.9 Å². The average molecular weight is 571 g/mol. The molecule has 0 N–H and O–H groups in total. The number of carbonyl (C=O) groups is 1. The summed E-state index contributed by atoms with van der Waals surface area (Å²) in [5.41, 5.74) is 0. The molecule has 0 amide bonds. The van der Waals surface area contributed by atoms with Crippen LogP contribution in [0.4, 0.5) is 0 Å². The summed E-state index contributed by atoms with van der Waals surface area (Å²) in [4.78, 5) is 10.1. The fourth-order valence-electron chi connectivity index (χ4n) is 3.96. The topological polar surface area (TPSA) is 95.5 Å². The summed E-state index contributed by atoms with van der Waals surface area (Å²) >= 11 is 0. The molecule has 9 heteroatoms. The summed E-state index contributed by atoms with van der Waals surface area (Å²) in [5.74, 6) is -0.364. The molecular formula is C30H59NaO8. The zero-order valence-corrected chi connectivity index (χ0v) is 27.7. The molecule has 0 saturated carbocycles. The smallest absolute Gasteiger partial charge is 0.548 e. The number of rotatable bonds is 33. The van der Waals surface area contributed by atoms with E-state index < -0.39 is 12.6 Å². The van der Waals surface area contributed by atoms with Gasteiger partial charge in [-0.1, -0.05) is 97.3 Å². The Morgan fingerprint density at radius 1 is 0.462 bits per heavy atom. The third-order valence-corrected chi connectivity index (χ3v) is 6.15. The van der Waals surface area contributed by atoms with E-state index in [1.165, 1.54) is 83.5 Å². The van der Waals surface area contributed by atoms with Crippen LogP contribution in [0, 0.1) is 5.92 Å². The van der Waals surface area contributed by atoms with Crippen LogP contribution in [0.15, 0.2) is 0 Å². The first-order chi connectivity index (χ1) is 18.6. The molecule has 0 spiro atoms. The van der Waals surface area contributed by atoms with Gasteiger partial charge < -0.3 is 38.3 Å². The molecule has 0 aromatic carbocycles. The van der Waals surface area contributed by atoms with E-state index in [4.69, 9.17) is 28.4 Å². The Bertz CT molecular complexity index is 468. The molecule has 0 unspecified atom stereocenters. The van der Waals surface area contributed by atoms with Crippen LogP contribution in [0.3, 0.4) is 0 Å². The van der Waals surface area contributed by atoms with Crippen LogP contribution in [0.2, 0.25) is 0 Å². The summed E-state index contributed by atoms with van der Waals surface area (Å²) < 4.78 is 32.0. The van der Waals surface area contributed by atoms with Crippen molar-refractivity contribution < 1.29 is 67.9 Å². The molecule has 8 nitrogen and oxygen atoms in total. The van der Waals surface area contributed by atoms with Crippen LogP contribution >= 0.6 is 0 Å². The number of unbranched alkanes of at least 4 members (excludes halogenated alkanes) is 12. The zero-order valence-electron chi connectivity index (χ0n) is 25.7. The molecular weight excluding hydrogens is 511 g/mol. The molecule has 0 fully saturated rings. The standard InChI is InChI=1S/C30H60O8.Na/c1-29(2)16-14-12-10-8-6-4-3-5-7-9-11-13-15-17-33-18-19-34-20-21-35-22-23-36-24-25-37-26-27-38-28-30(31)32;/h29H,3-28H2,1-2H3,(H,31,32);/q;+1/p-1. The van der Waals surface area contributed by atoms with Gasteiger partial charge in [0.1, 0.15) is 0 Å². The fourth-order valence-corrected chi connectivity index (χ4v) is 3.96. The second-order valence-corrected chi connectivity index (χ2v) is 10.3.